The van der Waals surface area contributed by atoms with E-state index in [0.717, 1.165) is 6.08 Å². The van der Waals surface area contributed by atoms with Gasteiger partial charge in [0.1, 0.15) is 34.4 Å². The molecule has 1 fully saturated rings. The second-order valence-electron chi connectivity index (χ2n) is 7.59. The van der Waals surface area contributed by atoms with Crippen LogP contribution in [-0.4, -0.2) is 48.4 Å². The Morgan fingerprint density at radius 2 is 1.97 bits per heavy atom. The number of rotatable bonds is 6. The van der Waals surface area contributed by atoms with E-state index in [9.17, 15) is 23.3 Å². The third-order valence-corrected chi connectivity index (χ3v) is 7.00. The van der Waals surface area contributed by atoms with Crippen LogP contribution in [0, 0.1) is 11.3 Å². The number of methoxy groups -OCH3 is 1. The number of fused-ring (bicyclic) bond motifs is 1. The molecule has 1 aliphatic rings. The summed E-state index contributed by atoms with van der Waals surface area (Å²) in [7, 11) is -1.69. The van der Waals surface area contributed by atoms with Gasteiger partial charge in [-0.1, -0.05) is 6.07 Å². The molecule has 1 N–H and O–H groups in total. The van der Waals surface area contributed by atoms with E-state index >= 15 is 0 Å². The Morgan fingerprint density at radius 3 is 2.62 bits per heavy atom. The minimum absolute atomic E-state index is 0.0284. The summed E-state index contributed by atoms with van der Waals surface area (Å²) in [5.74, 6) is -0.121. The zero-order valence-electron chi connectivity index (χ0n) is 18.1. The molecule has 4 rings (SSSR count). The minimum atomic E-state index is -3.22. The van der Waals surface area contributed by atoms with Crippen LogP contribution in [0.3, 0.4) is 0 Å². The van der Waals surface area contributed by atoms with Crippen LogP contribution in [0.2, 0.25) is 0 Å². The first kappa shape index (κ1) is 23.0. The van der Waals surface area contributed by atoms with Crippen molar-refractivity contribution in [2.75, 3.05) is 18.6 Å². The van der Waals surface area contributed by atoms with Crippen molar-refractivity contribution in [2.45, 2.75) is 12.5 Å². The maximum Gasteiger partial charge on any atom is 0.269 e. The van der Waals surface area contributed by atoms with Gasteiger partial charge in [-0.25, -0.2) is 8.42 Å². The molecule has 0 spiro atoms. The molecule has 34 heavy (non-hydrogen) atoms. The van der Waals surface area contributed by atoms with Crippen molar-refractivity contribution in [1.29, 1.82) is 5.26 Å². The molecular formula is C23H20N4O6S. The van der Waals surface area contributed by atoms with Crippen molar-refractivity contribution in [1.82, 2.24) is 14.7 Å². The molecule has 2 aromatic heterocycles. The number of ether oxygens (including phenoxy) is 2. The first-order valence-corrected chi connectivity index (χ1v) is 12.1. The van der Waals surface area contributed by atoms with Gasteiger partial charge in [0.05, 0.1) is 18.6 Å². The predicted molar refractivity (Wildman–Crippen MR) is 123 cm³/mol. The number of nitriles is 1. The third kappa shape index (κ3) is 4.92. The van der Waals surface area contributed by atoms with Gasteiger partial charge >= 0.3 is 0 Å². The van der Waals surface area contributed by atoms with E-state index in [2.05, 4.69) is 10.3 Å². The number of benzene rings is 1. The van der Waals surface area contributed by atoms with E-state index < -0.39 is 27.3 Å². The van der Waals surface area contributed by atoms with E-state index in [4.69, 9.17) is 9.47 Å². The molecular weight excluding hydrogens is 460 g/mol. The number of hydrogen-bond donors (Lipinski definition) is 1. The molecule has 1 saturated heterocycles. The highest BCUT2D eigenvalue weighted by atomic mass is 32.2. The van der Waals surface area contributed by atoms with Gasteiger partial charge < -0.3 is 14.8 Å². The number of nitrogens with zero attached hydrogens (tertiary/aromatic N) is 3. The molecule has 1 aromatic carbocycles. The Bertz CT molecular complexity index is 1490. The van der Waals surface area contributed by atoms with Gasteiger partial charge in [-0.2, -0.15) is 10.2 Å². The fraction of sp³-hybridized carbons (Fsp3) is 0.217. The van der Waals surface area contributed by atoms with Crippen molar-refractivity contribution in [3.63, 3.8) is 0 Å². The Kier molecular flexibility index (Phi) is 6.34. The highest BCUT2D eigenvalue weighted by Gasteiger charge is 2.29. The summed E-state index contributed by atoms with van der Waals surface area (Å²) in [6.45, 7) is 0. The first-order valence-electron chi connectivity index (χ1n) is 10.3. The normalized spacial score (nSPS) is 17.2. The van der Waals surface area contributed by atoms with Crippen LogP contribution in [0.4, 0.5) is 0 Å². The third-order valence-electron chi connectivity index (χ3n) is 5.23. The van der Waals surface area contributed by atoms with Gasteiger partial charge in [-0.3, -0.25) is 14.0 Å². The summed E-state index contributed by atoms with van der Waals surface area (Å²) in [5, 5.41) is 12.1. The number of nitrogens with one attached hydrogen (secondary N) is 1. The maximum absolute atomic E-state index is 13.2. The van der Waals surface area contributed by atoms with Crippen LogP contribution in [0.1, 0.15) is 12.0 Å². The number of pyridine rings is 1. The van der Waals surface area contributed by atoms with Crippen LogP contribution >= 0.6 is 0 Å². The maximum atomic E-state index is 13.2. The number of aromatic nitrogens is 2. The van der Waals surface area contributed by atoms with Crippen LogP contribution < -0.4 is 20.3 Å². The summed E-state index contributed by atoms with van der Waals surface area (Å²) in [6, 6.07) is 12.7. The Morgan fingerprint density at radius 1 is 1.24 bits per heavy atom. The second kappa shape index (κ2) is 9.36. The summed E-state index contributed by atoms with van der Waals surface area (Å²) in [4.78, 5) is 30.3. The van der Waals surface area contributed by atoms with Crippen molar-refractivity contribution in [3.8, 4) is 23.4 Å². The highest BCUT2D eigenvalue weighted by Crippen LogP contribution is 2.26. The quantitative estimate of drug-likeness (QED) is 0.415. The van der Waals surface area contributed by atoms with Crippen LogP contribution in [0.25, 0.3) is 11.7 Å². The lowest BCUT2D eigenvalue weighted by Gasteiger charge is -2.12. The lowest BCUT2D eigenvalue weighted by atomic mass is 10.1. The molecule has 174 valence electrons. The van der Waals surface area contributed by atoms with Gasteiger partial charge in [0.25, 0.3) is 11.5 Å². The second-order valence-corrected chi connectivity index (χ2v) is 9.81. The van der Waals surface area contributed by atoms with E-state index in [0.29, 0.717) is 17.1 Å². The Balaban J connectivity index is 1.74. The molecule has 0 radical (unpaired) electrons. The molecule has 11 heteroatoms. The van der Waals surface area contributed by atoms with Gasteiger partial charge in [0.15, 0.2) is 9.84 Å². The molecule has 1 amide bonds. The topological polar surface area (TPSA) is 140 Å². The SMILES string of the molecule is COc1ccc(Oc2nc3ccccn3c(=O)c2/C=C(\C#N)C(=O)NC2CCS(=O)(=O)C2)cc1. The average molecular weight is 481 g/mol. The van der Waals surface area contributed by atoms with Crippen LogP contribution in [0.5, 0.6) is 17.4 Å². The average Bonchev–Trinajstić information content (AvgIpc) is 3.17. The van der Waals surface area contributed by atoms with E-state index in [-0.39, 0.29) is 34.9 Å². The first-order chi connectivity index (χ1) is 16.3. The summed E-state index contributed by atoms with van der Waals surface area (Å²) in [6.07, 6.45) is 2.87. The number of hydrogen-bond acceptors (Lipinski definition) is 8. The number of amides is 1. The lowest BCUT2D eigenvalue weighted by molar-refractivity contribution is -0.117. The smallest absolute Gasteiger partial charge is 0.269 e. The molecule has 0 bridgehead atoms. The van der Waals surface area contributed by atoms with Crippen molar-refractivity contribution in [2.24, 2.45) is 0 Å². The van der Waals surface area contributed by atoms with Gasteiger partial charge in [-0.05, 0) is 48.9 Å². The molecule has 3 heterocycles. The number of carbonyl (C=O) groups excluding carboxylic acids is 1. The Labute approximate surface area is 195 Å². The summed E-state index contributed by atoms with van der Waals surface area (Å²) < 4.78 is 35.6. The Hall–Kier alpha value is -4.17. The van der Waals surface area contributed by atoms with Crippen molar-refractivity contribution >= 4 is 27.5 Å². The number of sulfone groups is 1. The fourth-order valence-corrected chi connectivity index (χ4v) is 5.18. The zero-order chi connectivity index (χ0) is 24.3. The largest absolute Gasteiger partial charge is 0.497 e. The predicted octanol–water partition coefficient (Wildman–Crippen LogP) is 1.71. The molecule has 10 nitrogen and oxygen atoms in total. The van der Waals surface area contributed by atoms with Gasteiger partial charge in [-0.15, -0.1) is 0 Å². The summed E-state index contributed by atoms with van der Waals surface area (Å²) >= 11 is 0. The van der Waals surface area contributed by atoms with E-state index in [1.54, 1.807) is 48.5 Å². The van der Waals surface area contributed by atoms with E-state index in [1.165, 1.54) is 17.7 Å². The van der Waals surface area contributed by atoms with Crippen molar-refractivity contribution < 1.29 is 22.7 Å². The van der Waals surface area contributed by atoms with Gasteiger partial charge in [0, 0.05) is 12.2 Å². The molecule has 1 unspecified atom stereocenters. The van der Waals surface area contributed by atoms with Crippen molar-refractivity contribution in [3.05, 3.63) is 70.2 Å². The molecule has 3 aromatic rings. The lowest BCUT2D eigenvalue weighted by Crippen LogP contribution is -2.36. The highest BCUT2D eigenvalue weighted by molar-refractivity contribution is 7.91. The number of carbonyl (C=O) groups is 1. The zero-order valence-corrected chi connectivity index (χ0v) is 18.9. The molecule has 0 aliphatic carbocycles. The van der Waals surface area contributed by atoms with Gasteiger partial charge in [0.2, 0.25) is 5.88 Å². The standard InChI is InChI=1S/C23H20N4O6S/c1-32-17-5-7-18(8-6-17)33-22-19(23(29)27-10-3-2-4-20(27)26-22)12-15(13-24)21(28)25-16-9-11-34(30,31)14-16/h2-8,10,12,16H,9,11,14H2,1H3,(H,25,28)/b15-12+. The monoisotopic (exact) mass is 480 g/mol. The fourth-order valence-electron chi connectivity index (χ4n) is 3.50. The van der Waals surface area contributed by atoms with E-state index in [1.807, 2.05) is 0 Å². The molecule has 1 atom stereocenters. The molecule has 1 aliphatic heterocycles. The van der Waals surface area contributed by atoms with Crippen LogP contribution in [0.15, 0.2) is 59.0 Å². The van der Waals surface area contributed by atoms with Crippen LogP contribution in [-0.2, 0) is 14.6 Å². The minimum Gasteiger partial charge on any atom is -0.497 e. The summed E-state index contributed by atoms with van der Waals surface area (Å²) in [5.41, 5.74) is -0.714. The molecule has 0 saturated carbocycles.